The molecule has 0 spiro atoms. The molecule has 1 heterocycles. The fraction of sp³-hybridized carbons (Fsp3) is 0.130. The minimum atomic E-state index is -4.01. The summed E-state index contributed by atoms with van der Waals surface area (Å²) in [5, 5.41) is 5.43. The van der Waals surface area contributed by atoms with E-state index in [1.807, 2.05) is 33.8 Å². The first-order valence-electron chi connectivity index (χ1n) is 9.75. The van der Waals surface area contributed by atoms with Crippen LogP contribution in [0.15, 0.2) is 77.8 Å². The first-order valence-corrected chi connectivity index (χ1v) is 11.2. The Hall–Kier alpha value is -3.69. The van der Waals surface area contributed by atoms with E-state index in [2.05, 4.69) is 5.10 Å². The van der Waals surface area contributed by atoms with Gasteiger partial charge in [-0.1, -0.05) is 42.5 Å². The van der Waals surface area contributed by atoms with Gasteiger partial charge in [0.25, 0.3) is 10.0 Å². The molecule has 0 aliphatic heterocycles. The molecule has 164 valence electrons. The molecule has 0 saturated heterocycles. The topological polar surface area (TPSA) is 99.5 Å². The van der Waals surface area contributed by atoms with Crippen molar-refractivity contribution >= 4 is 26.9 Å². The highest BCUT2D eigenvalue weighted by Crippen LogP contribution is 2.24. The average molecular weight is 452 g/mol. The zero-order valence-corrected chi connectivity index (χ0v) is 18.3. The number of ether oxygens (including phenoxy) is 1. The van der Waals surface area contributed by atoms with Crippen molar-refractivity contribution < 1.29 is 22.8 Å². The average Bonchev–Trinajstić information content (AvgIpc) is 3.21. The van der Waals surface area contributed by atoms with Gasteiger partial charge in [-0.3, -0.25) is 4.68 Å². The minimum absolute atomic E-state index is 0.0344. The predicted molar refractivity (Wildman–Crippen MR) is 119 cm³/mol. The van der Waals surface area contributed by atoms with Crippen LogP contribution in [0.3, 0.4) is 0 Å². The molecule has 0 aliphatic carbocycles. The van der Waals surface area contributed by atoms with E-state index in [0.717, 1.165) is 16.5 Å². The number of carbonyl (C=O) groups is 1. The second-order valence-corrected chi connectivity index (χ2v) is 8.74. The number of hydrogen-bond donors (Lipinski definition) is 1. The number of rotatable bonds is 7. The number of fused-ring (bicyclic) bond motifs is 1. The van der Waals surface area contributed by atoms with Gasteiger partial charge in [0.1, 0.15) is 5.75 Å². The summed E-state index contributed by atoms with van der Waals surface area (Å²) in [5.41, 5.74) is 2.46. The lowest BCUT2D eigenvalue weighted by Gasteiger charge is -2.12. The standard InChI is InChI=1S/C23H21N3O5S/c1-16-7-3-6-10-22(16)32(28,29)25-31-23(27)17-11-12-19(21(13-17)30-2)15-26-20-9-5-4-8-18(20)14-24-26/h3-14,25H,15H2,1-2H3. The molecule has 4 aromatic rings. The molecule has 4 rings (SSSR count). The summed E-state index contributed by atoms with van der Waals surface area (Å²) in [7, 11) is -2.51. The summed E-state index contributed by atoms with van der Waals surface area (Å²) < 4.78 is 32.1. The minimum Gasteiger partial charge on any atom is -0.496 e. The summed E-state index contributed by atoms with van der Waals surface area (Å²) >= 11 is 0. The number of methoxy groups -OCH3 is 1. The molecule has 8 nitrogen and oxygen atoms in total. The smallest absolute Gasteiger partial charge is 0.357 e. The van der Waals surface area contributed by atoms with Crippen LogP contribution in [-0.4, -0.2) is 31.3 Å². The fourth-order valence-corrected chi connectivity index (χ4v) is 4.39. The van der Waals surface area contributed by atoms with Crippen molar-refractivity contribution in [2.24, 2.45) is 0 Å². The maximum atomic E-state index is 12.5. The Bertz CT molecular complexity index is 1400. The second kappa shape index (κ2) is 8.81. The third kappa shape index (κ3) is 4.34. The monoisotopic (exact) mass is 451 g/mol. The molecular weight excluding hydrogens is 430 g/mol. The van der Waals surface area contributed by atoms with Crippen LogP contribution in [0.25, 0.3) is 10.9 Å². The lowest BCUT2D eigenvalue weighted by molar-refractivity contribution is 0.0407. The van der Waals surface area contributed by atoms with E-state index in [9.17, 15) is 13.2 Å². The number of nitrogens with zero attached hydrogens (tertiary/aromatic N) is 2. The highest BCUT2D eigenvalue weighted by atomic mass is 32.2. The van der Waals surface area contributed by atoms with Crippen molar-refractivity contribution in [3.05, 3.63) is 89.6 Å². The number of sulfonamides is 1. The molecule has 1 N–H and O–H groups in total. The largest absolute Gasteiger partial charge is 0.496 e. The molecule has 0 aliphatic rings. The van der Waals surface area contributed by atoms with Gasteiger partial charge in [0.05, 0.1) is 35.8 Å². The van der Waals surface area contributed by atoms with E-state index < -0.39 is 16.0 Å². The molecule has 0 radical (unpaired) electrons. The number of hydrogen-bond acceptors (Lipinski definition) is 6. The summed E-state index contributed by atoms with van der Waals surface area (Å²) in [6, 6.07) is 19.0. The maximum absolute atomic E-state index is 12.5. The lowest BCUT2D eigenvalue weighted by atomic mass is 10.1. The normalized spacial score (nSPS) is 11.4. The first kappa shape index (κ1) is 21.5. The Morgan fingerprint density at radius 3 is 2.59 bits per heavy atom. The van der Waals surface area contributed by atoms with Gasteiger partial charge in [0.2, 0.25) is 0 Å². The van der Waals surface area contributed by atoms with E-state index in [4.69, 9.17) is 9.57 Å². The van der Waals surface area contributed by atoms with Gasteiger partial charge >= 0.3 is 5.97 Å². The highest BCUT2D eigenvalue weighted by Gasteiger charge is 2.20. The highest BCUT2D eigenvalue weighted by molar-refractivity contribution is 7.89. The summed E-state index contributed by atoms with van der Waals surface area (Å²) in [5.74, 6) is -0.391. The summed E-state index contributed by atoms with van der Waals surface area (Å²) in [6.07, 6.45) is 1.79. The van der Waals surface area contributed by atoms with Gasteiger partial charge in [0.15, 0.2) is 0 Å². The molecule has 3 aromatic carbocycles. The zero-order valence-electron chi connectivity index (χ0n) is 17.5. The van der Waals surface area contributed by atoms with E-state index in [-0.39, 0.29) is 10.5 Å². The molecule has 0 atom stereocenters. The van der Waals surface area contributed by atoms with Crippen molar-refractivity contribution in [3.8, 4) is 5.75 Å². The Kier molecular flexibility index (Phi) is 5.93. The predicted octanol–water partition coefficient (Wildman–Crippen LogP) is 3.45. The van der Waals surface area contributed by atoms with Crippen molar-refractivity contribution in [3.63, 3.8) is 0 Å². The van der Waals surface area contributed by atoms with Crippen LogP contribution in [0.4, 0.5) is 0 Å². The van der Waals surface area contributed by atoms with Gasteiger partial charge in [-0.15, -0.1) is 0 Å². The van der Waals surface area contributed by atoms with Gasteiger partial charge in [-0.05, 0) is 41.6 Å². The molecule has 32 heavy (non-hydrogen) atoms. The van der Waals surface area contributed by atoms with Crippen molar-refractivity contribution in [1.29, 1.82) is 0 Å². The van der Waals surface area contributed by atoms with E-state index in [1.165, 1.54) is 19.2 Å². The molecule has 0 bridgehead atoms. The van der Waals surface area contributed by atoms with Crippen LogP contribution in [0.5, 0.6) is 5.75 Å². The van der Waals surface area contributed by atoms with Crippen molar-refractivity contribution in [1.82, 2.24) is 14.7 Å². The van der Waals surface area contributed by atoms with Gasteiger partial charge in [0, 0.05) is 10.9 Å². The Labute approximate surface area is 185 Å². The lowest BCUT2D eigenvalue weighted by Crippen LogP contribution is -2.28. The number of carbonyl (C=O) groups excluding carboxylic acids is 1. The number of benzene rings is 3. The zero-order chi connectivity index (χ0) is 22.7. The Morgan fingerprint density at radius 1 is 1.06 bits per heavy atom. The molecule has 1 aromatic heterocycles. The first-order chi connectivity index (χ1) is 15.4. The fourth-order valence-electron chi connectivity index (χ4n) is 3.37. The van der Waals surface area contributed by atoms with Crippen LogP contribution < -0.4 is 9.62 Å². The van der Waals surface area contributed by atoms with Crippen LogP contribution in [0, 0.1) is 6.92 Å². The quantitative estimate of drug-likeness (QED) is 0.432. The third-order valence-electron chi connectivity index (χ3n) is 5.02. The molecule has 0 saturated carbocycles. The van der Waals surface area contributed by atoms with Gasteiger partial charge in [-0.2, -0.15) is 5.10 Å². The number of aromatic nitrogens is 2. The van der Waals surface area contributed by atoms with Crippen LogP contribution >= 0.6 is 0 Å². The van der Waals surface area contributed by atoms with Gasteiger partial charge in [-0.25, -0.2) is 13.2 Å². The van der Waals surface area contributed by atoms with E-state index in [1.54, 1.807) is 43.5 Å². The van der Waals surface area contributed by atoms with Crippen LogP contribution in [-0.2, 0) is 21.4 Å². The summed E-state index contributed by atoms with van der Waals surface area (Å²) in [4.78, 5) is 19.2. The number of aryl methyl sites for hydroxylation is 1. The SMILES string of the molecule is COc1cc(C(=O)ONS(=O)(=O)c2ccccc2C)ccc1Cn1ncc2ccccc21. The van der Waals surface area contributed by atoms with Crippen molar-refractivity contribution in [2.45, 2.75) is 18.4 Å². The van der Waals surface area contributed by atoms with Crippen LogP contribution in [0.2, 0.25) is 0 Å². The third-order valence-corrected chi connectivity index (χ3v) is 6.36. The van der Waals surface area contributed by atoms with Gasteiger partial charge < -0.3 is 9.57 Å². The number of para-hydroxylation sites is 1. The van der Waals surface area contributed by atoms with E-state index >= 15 is 0 Å². The Balaban J connectivity index is 1.51. The second-order valence-electron chi connectivity index (χ2n) is 7.13. The van der Waals surface area contributed by atoms with Crippen LogP contribution in [0.1, 0.15) is 21.5 Å². The van der Waals surface area contributed by atoms with Crippen molar-refractivity contribution in [2.75, 3.05) is 7.11 Å². The molecule has 0 fully saturated rings. The van der Waals surface area contributed by atoms with E-state index in [0.29, 0.717) is 17.9 Å². The summed E-state index contributed by atoms with van der Waals surface area (Å²) in [6.45, 7) is 2.09. The molecular formula is C23H21N3O5S. The molecule has 9 heteroatoms. The Morgan fingerprint density at radius 2 is 1.81 bits per heavy atom. The molecule has 0 amide bonds. The maximum Gasteiger partial charge on any atom is 0.357 e. The molecule has 0 unspecified atom stereocenters. The number of nitrogens with one attached hydrogen (secondary N) is 1.